The first-order chi connectivity index (χ1) is 11.7. The lowest BCUT2D eigenvalue weighted by molar-refractivity contribution is -0.118. The van der Waals surface area contributed by atoms with Crippen molar-refractivity contribution < 1.29 is 29.3 Å². The molecule has 0 aromatic heterocycles. The molecule has 2 unspecified atom stereocenters. The first-order valence-corrected chi connectivity index (χ1v) is 8.36. The number of rotatable bonds is 3. The summed E-state index contributed by atoms with van der Waals surface area (Å²) in [5.74, 6) is -3.55. The number of aromatic hydroxyl groups is 1. The van der Waals surface area contributed by atoms with Crippen LogP contribution in [-0.4, -0.2) is 34.2 Å². The molecule has 0 saturated heterocycles. The molecular weight excluding hydrogens is 392 g/mol. The molecule has 1 aromatic carbocycles. The van der Waals surface area contributed by atoms with Crippen LogP contribution in [0.15, 0.2) is 34.0 Å². The number of carbonyl (C=O) groups excluding carboxylic acids is 3. The lowest BCUT2D eigenvalue weighted by atomic mass is 9.70. The van der Waals surface area contributed by atoms with Crippen molar-refractivity contribution in [3.8, 4) is 11.5 Å². The van der Waals surface area contributed by atoms with Gasteiger partial charge in [-0.1, -0.05) is 11.6 Å². The van der Waals surface area contributed by atoms with E-state index in [9.17, 15) is 24.6 Å². The van der Waals surface area contributed by atoms with Crippen molar-refractivity contribution in [3.05, 3.63) is 45.2 Å². The summed E-state index contributed by atoms with van der Waals surface area (Å²) in [6, 6.07) is 1.34. The van der Waals surface area contributed by atoms with Crippen molar-refractivity contribution in [1.29, 1.82) is 0 Å². The van der Waals surface area contributed by atoms with Crippen LogP contribution in [0.4, 0.5) is 0 Å². The number of allylic oxidation sites excluding steroid dienone is 4. The highest BCUT2D eigenvalue weighted by molar-refractivity contribution is 9.10. The highest BCUT2D eigenvalue weighted by Gasteiger charge is 2.46. The van der Waals surface area contributed by atoms with E-state index in [1.165, 1.54) is 19.1 Å². The standard InChI is InChI=1S/C18H15BrO6/c1-7-3-9-13(11(21)4-7)17(23)14-10(16(9)22)5-12(15(19)18(14)24)25-6-8(2)20/h3-5,9,13,21,24H,6H2,1-2H3. The number of ketones is 3. The normalized spacial score (nSPS) is 21.9. The Morgan fingerprint density at radius 2 is 1.96 bits per heavy atom. The van der Waals surface area contributed by atoms with Gasteiger partial charge in [0.1, 0.15) is 28.3 Å². The molecule has 6 nitrogen and oxygen atoms in total. The highest BCUT2D eigenvalue weighted by atomic mass is 79.9. The van der Waals surface area contributed by atoms with Crippen molar-refractivity contribution in [1.82, 2.24) is 0 Å². The Balaban J connectivity index is 2.16. The van der Waals surface area contributed by atoms with Crippen LogP contribution in [0.5, 0.6) is 11.5 Å². The van der Waals surface area contributed by atoms with E-state index in [1.54, 1.807) is 13.0 Å². The number of fused-ring (bicyclic) bond motifs is 2. The van der Waals surface area contributed by atoms with Crippen LogP contribution in [0, 0.1) is 11.8 Å². The van der Waals surface area contributed by atoms with Crippen molar-refractivity contribution in [2.24, 2.45) is 11.8 Å². The van der Waals surface area contributed by atoms with Crippen LogP contribution in [0.2, 0.25) is 0 Å². The number of ether oxygens (including phenoxy) is 1. The van der Waals surface area contributed by atoms with Gasteiger partial charge in [0.2, 0.25) is 0 Å². The maximum atomic E-state index is 12.9. The minimum atomic E-state index is -1.04. The van der Waals surface area contributed by atoms with Gasteiger partial charge in [0.05, 0.1) is 17.4 Å². The summed E-state index contributed by atoms with van der Waals surface area (Å²) < 4.78 is 5.39. The van der Waals surface area contributed by atoms with E-state index in [0.717, 1.165) is 0 Å². The van der Waals surface area contributed by atoms with Gasteiger partial charge in [0.15, 0.2) is 17.3 Å². The van der Waals surface area contributed by atoms with Crippen LogP contribution >= 0.6 is 15.9 Å². The quantitative estimate of drug-likeness (QED) is 0.799. The zero-order valence-corrected chi connectivity index (χ0v) is 15.1. The van der Waals surface area contributed by atoms with E-state index in [1.807, 2.05) is 0 Å². The number of phenols is 1. The van der Waals surface area contributed by atoms with E-state index in [-0.39, 0.29) is 39.5 Å². The van der Waals surface area contributed by atoms with Gasteiger partial charge in [0, 0.05) is 5.56 Å². The van der Waals surface area contributed by atoms with Crippen LogP contribution in [0.25, 0.3) is 0 Å². The minimum absolute atomic E-state index is 0.0178. The summed E-state index contributed by atoms with van der Waals surface area (Å²) in [6.07, 6.45) is 3.07. The summed E-state index contributed by atoms with van der Waals surface area (Å²) >= 11 is 3.13. The number of hydrogen-bond acceptors (Lipinski definition) is 6. The fraction of sp³-hybridized carbons (Fsp3) is 0.278. The molecule has 0 radical (unpaired) electrons. The van der Waals surface area contributed by atoms with Crippen LogP contribution < -0.4 is 4.74 Å². The lowest BCUT2D eigenvalue weighted by Crippen LogP contribution is -2.38. The second kappa shape index (κ2) is 6.15. The summed E-state index contributed by atoms with van der Waals surface area (Å²) in [6.45, 7) is 2.84. The maximum Gasteiger partial charge on any atom is 0.179 e. The molecule has 0 amide bonds. The molecule has 3 rings (SSSR count). The predicted molar refractivity (Wildman–Crippen MR) is 92.1 cm³/mol. The molecule has 2 atom stereocenters. The molecule has 0 aliphatic heterocycles. The fourth-order valence-corrected chi connectivity index (χ4v) is 3.57. The van der Waals surface area contributed by atoms with E-state index in [2.05, 4.69) is 15.9 Å². The second-order valence-corrected chi connectivity index (χ2v) is 6.96. The first kappa shape index (κ1) is 17.4. The topological polar surface area (TPSA) is 101 Å². The molecule has 7 heteroatoms. The van der Waals surface area contributed by atoms with E-state index in [0.29, 0.717) is 5.57 Å². The monoisotopic (exact) mass is 406 g/mol. The van der Waals surface area contributed by atoms with Gasteiger partial charge in [-0.2, -0.15) is 0 Å². The number of aliphatic hydroxyl groups excluding tert-OH is 1. The molecule has 25 heavy (non-hydrogen) atoms. The molecule has 1 aromatic rings. The Bertz CT molecular complexity index is 880. The van der Waals surface area contributed by atoms with Gasteiger partial charge in [0.25, 0.3) is 0 Å². The third-order valence-corrected chi connectivity index (χ3v) is 5.00. The average molecular weight is 407 g/mol. The molecule has 2 N–H and O–H groups in total. The van der Waals surface area contributed by atoms with Crippen LogP contribution in [0.3, 0.4) is 0 Å². The Morgan fingerprint density at radius 3 is 2.60 bits per heavy atom. The largest absolute Gasteiger partial charge is 0.511 e. The zero-order chi connectivity index (χ0) is 18.5. The summed E-state index contributed by atoms with van der Waals surface area (Å²) in [7, 11) is 0. The number of aliphatic hydroxyl groups is 1. The third kappa shape index (κ3) is 2.78. The van der Waals surface area contributed by atoms with Gasteiger partial charge in [-0.3, -0.25) is 14.4 Å². The van der Waals surface area contributed by atoms with Crippen molar-refractivity contribution in [2.75, 3.05) is 6.61 Å². The van der Waals surface area contributed by atoms with E-state index < -0.39 is 29.2 Å². The van der Waals surface area contributed by atoms with Crippen LogP contribution in [-0.2, 0) is 4.79 Å². The third-order valence-electron chi connectivity index (χ3n) is 4.23. The molecule has 0 spiro atoms. The highest BCUT2D eigenvalue weighted by Crippen LogP contribution is 2.46. The number of benzene rings is 1. The molecule has 2 aliphatic rings. The summed E-state index contributed by atoms with van der Waals surface area (Å²) in [4.78, 5) is 36.8. The Morgan fingerprint density at radius 1 is 1.28 bits per heavy atom. The second-order valence-electron chi connectivity index (χ2n) is 6.16. The van der Waals surface area contributed by atoms with Gasteiger partial charge in [-0.25, -0.2) is 0 Å². The molecule has 0 fully saturated rings. The number of Topliss-reactive ketones (excluding diaryl/α,β-unsaturated/α-hetero) is 3. The van der Waals surface area contributed by atoms with Crippen molar-refractivity contribution in [3.63, 3.8) is 0 Å². The fourth-order valence-electron chi connectivity index (χ4n) is 3.14. The van der Waals surface area contributed by atoms with E-state index >= 15 is 0 Å². The predicted octanol–water partition coefficient (Wildman–Crippen LogP) is 3.14. The average Bonchev–Trinajstić information content (AvgIpc) is 2.53. The van der Waals surface area contributed by atoms with Gasteiger partial charge in [-0.15, -0.1) is 0 Å². The SMILES string of the molecule is CC(=O)COc1cc2c(c(O)c1Br)C(=O)C1C(O)=CC(C)=CC1C2=O. The van der Waals surface area contributed by atoms with Crippen LogP contribution in [0.1, 0.15) is 34.6 Å². The smallest absolute Gasteiger partial charge is 0.179 e. The van der Waals surface area contributed by atoms with Crippen molar-refractivity contribution >= 4 is 33.3 Å². The van der Waals surface area contributed by atoms with E-state index in [4.69, 9.17) is 4.74 Å². The molecule has 0 heterocycles. The first-order valence-electron chi connectivity index (χ1n) is 7.57. The number of carbonyl (C=O) groups is 3. The number of hydrogen-bond donors (Lipinski definition) is 2. The van der Waals surface area contributed by atoms with Crippen molar-refractivity contribution in [2.45, 2.75) is 13.8 Å². The molecule has 2 aliphatic carbocycles. The summed E-state index contributed by atoms with van der Waals surface area (Å²) in [5, 5.41) is 20.5. The van der Waals surface area contributed by atoms with Gasteiger partial charge >= 0.3 is 0 Å². The Labute approximate surface area is 151 Å². The molecule has 0 saturated carbocycles. The zero-order valence-electron chi connectivity index (χ0n) is 13.5. The maximum absolute atomic E-state index is 12.9. The molecule has 130 valence electrons. The Kier molecular flexibility index (Phi) is 4.28. The number of phenolic OH excluding ortho intramolecular Hbond substituents is 1. The van der Waals surface area contributed by atoms with Gasteiger partial charge in [-0.05, 0) is 41.9 Å². The molecular formula is C18H15BrO6. The lowest BCUT2D eigenvalue weighted by Gasteiger charge is -2.32. The Hall–Kier alpha value is -2.41. The summed E-state index contributed by atoms with van der Waals surface area (Å²) in [5.41, 5.74) is 0.545. The molecule has 0 bridgehead atoms. The number of halogens is 1. The minimum Gasteiger partial charge on any atom is -0.511 e. The van der Waals surface area contributed by atoms with Gasteiger partial charge < -0.3 is 14.9 Å².